The Hall–Kier alpha value is -1.61. The van der Waals surface area contributed by atoms with E-state index in [0.717, 1.165) is 9.65 Å². The smallest absolute Gasteiger partial charge is 0.283 e. The van der Waals surface area contributed by atoms with E-state index in [1.54, 1.807) is 30.3 Å². The molecule has 7 heteroatoms. The molecule has 0 aliphatic carbocycles. The lowest BCUT2D eigenvalue weighted by atomic mass is 10.2. The molecular weight excluding hydrogens is 403 g/mol. The van der Waals surface area contributed by atoms with E-state index in [1.807, 2.05) is 29.5 Å². The zero-order chi connectivity index (χ0) is 15.2. The molecule has 0 bridgehead atoms. The summed E-state index contributed by atoms with van der Waals surface area (Å²) in [5.41, 5.74) is 1.34. The summed E-state index contributed by atoms with van der Waals surface area (Å²) in [4.78, 5) is 0.164. The Morgan fingerprint density at radius 3 is 2.48 bits per heavy atom. The molecular formula is C14H11IN2O3S. The van der Waals surface area contributed by atoms with E-state index in [0.29, 0.717) is 14.6 Å². The number of rotatable bonds is 2. The van der Waals surface area contributed by atoms with E-state index < -0.39 is 10.0 Å². The van der Waals surface area contributed by atoms with E-state index in [9.17, 15) is 13.5 Å². The van der Waals surface area contributed by atoms with Gasteiger partial charge in [-0.25, -0.2) is 0 Å². The minimum atomic E-state index is -3.79. The van der Waals surface area contributed by atoms with Crippen molar-refractivity contribution in [1.82, 2.24) is 9.19 Å². The molecule has 0 spiro atoms. The van der Waals surface area contributed by atoms with E-state index in [4.69, 9.17) is 0 Å². The van der Waals surface area contributed by atoms with Crippen LogP contribution < -0.4 is 0 Å². The first-order valence-electron chi connectivity index (χ1n) is 6.09. The van der Waals surface area contributed by atoms with Gasteiger partial charge < -0.3 is 5.11 Å². The second-order valence-electron chi connectivity index (χ2n) is 4.65. The maximum Gasteiger partial charge on any atom is 0.283 e. The highest BCUT2D eigenvalue weighted by atomic mass is 127. The predicted octanol–water partition coefficient (Wildman–Crippen LogP) is 2.89. The highest BCUT2D eigenvalue weighted by Gasteiger charge is 2.22. The lowest BCUT2D eigenvalue weighted by Crippen LogP contribution is -2.14. The Kier molecular flexibility index (Phi) is 3.40. The van der Waals surface area contributed by atoms with Crippen molar-refractivity contribution in [2.45, 2.75) is 11.8 Å². The van der Waals surface area contributed by atoms with Crippen molar-refractivity contribution >= 4 is 43.5 Å². The molecule has 0 aliphatic rings. The minimum absolute atomic E-state index is 0.000781. The molecule has 0 amide bonds. The average Bonchev–Trinajstić information content (AvgIpc) is 2.76. The van der Waals surface area contributed by atoms with Gasteiger partial charge in [0, 0.05) is 11.5 Å². The third-order valence-electron chi connectivity index (χ3n) is 3.13. The first-order chi connectivity index (χ1) is 9.89. The van der Waals surface area contributed by atoms with Gasteiger partial charge in [0.2, 0.25) is 0 Å². The Bertz CT molecular complexity index is 931. The molecule has 0 saturated carbocycles. The lowest BCUT2D eigenvalue weighted by Gasteiger charge is -2.06. The summed E-state index contributed by atoms with van der Waals surface area (Å²) in [5, 5.41) is 14.4. The van der Waals surface area contributed by atoms with Gasteiger partial charge in [-0.3, -0.25) is 0 Å². The third-order valence-corrected chi connectivity index (χ3v) is 5.53. The number of aromatic hydroxyl groups is 1. The van der Waals surface area contributed by atoms with Crippen LogP contribution in [0.3, 0.4) is 0 Å². The quantitative estimate of drug-likeness (QED) is 0.655. The fraction of sp³-hybridized carbons (Fsp3) is 0.0714. The minimum Gasteiger partial charge on any atom is -0.508 e. The Balaban J connectivity index is 2.28. The molecule has 0 unspecified atom stereocenters. The van der Waals surface area contributed by atoms with Crippen LogP contribution >= 0.6 is 22.6 Å². The molecule has 0 fully saturated rings. The van der Waals surface area contributed by atoms with E-state index in [1.165, 1.54) is 12.1 Å². The van der Waals surface area contributed by atoms with Gasteiger partial charge in [0.25, 0.3) is 10.0 Å². The summed E-state index contributed by atoms with van der Waals surface area (Å²) >= 11 is 1.98. The number of halogens is 1. The largest absolute Gasteiger partial charge is 0.508 e. The SMILES string of the molecule is Cc1ccc(S(=O)(=O)n2nc(I)c3ccc(O)cc32)cc1. The number of aryl methyl sites for hydroxylation is 1. The van der Waals surface area contributed by atoms with Crippen LogP contribution in [0.25, 0.3) is 10.9 Å². The normalized spacial score (nSPS) is 11.9. The molecule has 3 rings (SSSR count). The highest BCUT2D eigenvalue weighted by molar-refractivity contribution is 14.1. The molecule has 0 aliphatic heterocycles. The molecule has 0 atom stereocenters. The first-order valence-corrected chi connectivity index (χ1v) is 8.61. The summed E-state index contributed by atoms with van der Waals surface area (Å²) < 4.78 is 26.9. The van der Waals surface area contributed by atoms with Gasteiger partial charge in [0.15, 0.2) is 0 Å². The maximum atomic E-state index is 12.7. The van der Waals surface area contributed by atoms with Crippen molar-refractivity contribution in [3.8, 4) is 5.75 Å². The van der Waals surface area contributed by atoms with Gasteiger partial charge in [-0.05, 0) is 53.8 Å². The van der Waals surface area contributed by atoms with Crippen molar-refractivity contribution in [3.63, 3.8) is 0 Å². The van der Waals surface area contributed by atoms with Crippen LogP contribution in [0, 0.1) is 10.6 Å². The number of fused-ring (bicyclic) bond motifs is 1. The third kappa shape index (κ3) is 2.40. The van der Waals surface area contributed by atoms with Gasteiger partial charge in [-0.2, -0.15) is 17.6 Å². The van der Waals surface area contributed by atoms with E-state index in [2.05, 4.69) is 5.10 Å². The second kappa shape index (κ2) is 4.99. The lowest BCUT2D eigenvalue weighted by molar-refractivity contribution is 0.476. The highest BCUT2D eigenvalue weighted by Crippen LogP contribution is 2.27. The summed E-state index contributed by atoms with van der Waals surface area (Å²) in [5.74, 6) is -0.000781. The molecule has 2 aromatic carbocycles. The number of benzene rings is 2. The number of hydrogen-bond acceptors (Lipinski definition) is 4. The Morgan fingerprint density at radius 2 is 1.81 bits per heavy atom. The summed E-state index contributed by atoms with van der Waals surface area (Å²) in [7, 11) is -3.79. The summed E-state index contributed by atoms with van der Waals surface area (Å²) in [6.07, 6.45) is 0. The topological polar surface area (TPSA) is 72.2 Å². The maximum absolute atomic E-state index is 12.7. The number of phenols is 1. The van der Waals surface area contributed by atoms with Gasteiger partial charge in [-0.1, -0.05) is 17.7 Å². The van der Waals surface area contributed by atoms with E-state index in [-0.39, 0.29) is 10.6 Å². The van der Waals surface area contributed by atoms with Gasteiger partial charge in [-0.15, -0.1) is 0 Å². The first kappa shape index (κ1) is 14.3. The van der Waals surface area contributed by atoms with Crippen LogP contribution in [-0.2, 0) is 10.0 Å². The number of aromatic nitrogens is 2. The molecule has 3 aromatic rings. The Labute approximate surface area is 135 Å². The van der Waals surface area contributed by atoms with Crippen LogP contribution in [0.5, 0.6) is 5.75 Å². The van der Waals surface area contributed by atoms with Crippen molar-refractivity contribution in [2.24, 2.45) is 0 Å². The second-order valence-corrected chi connectivity index (χ2v) is 7.44. The van der Waals surface area contributed by atoms with Crippen molar-refractivity contribution in [3.05, 3.63) is 51.7 Å². The van der Waals surface area contributed by atoms with Crippen molar-refractivity contribution in [2.75, 3.05) is 0 Å². The van der Waals surface area contributed by atoms with Gasteiger partial charge in [0.05, 0.1) is 10.4 Å². The van der Waals surface area contributed by atoms with Gasteiger partial charge >= 0.3 is 0 Å². The number of phenolic OH excluding ortho intramolecular Hbond substituents is 1. The molecule has 0 saturated heterocycles. The zero-order valence-electron chi connectivity index (χ0n) is 11.0. The van der Waals surface area contributed by atoms with Crippen molar-refractivity contribution < 1.29 is 13.5 Å². The van der Waals surface area contributed by atoms with Crippen LogP contribution in [0.1, 0.15) is 5.56 Å². The molecule has 0 radical (unpaired) electrons. The monoisotopic (exact) mass is 414 g/mol. The van der Waals surface area contributed by atoms with Gasteiger partial charge in [0.1, 0.15) is 9.45 Å². The van der Waals surface area contributed by atoms with Crippen LogP contribution in [0.4, 0.5) is 0 Å². The fourth-order valence-electron chi connectivity index (χ4n) is 2.03. The molecule has 108 valence electrons. The average molecular weight is 414 g/mol. The van der Waals surface area contributed by atoms with Crippen LogP contribution in [0.2, 0.25) is 0 Å². The predicted molar refractivity (Wildman–Crippen MR) is 87.9 cm³/mol. The summed E-state index contributed by atoms with van der Waals surface area (Å²) in [6.45, 7) is 1.89. The standard InChI is InChI=1S/C14H11IN2O3S/c1-9-2-5-11(6-3-9)21(19,20)17-13-8-10(18)4-7-12(13)14(15)16-17/h2-8,18H,1H3. The van der Waals surface area contributed by atoms with Crippen LogP contribution in [-0.4, -0.2) is 22.7 Å². The number of hydrogen-bond donors (Lipinski definition) is 1. The molecule has 5 nitrogen and oxygen atoms in total. The molecule has 1 aromatic heterocycles. The van der Waals surface area contributed by atoms with Crippen molar-refractivity contribution in [1.29, 1.82) is 0 Å². The van der Waals surface area contributed by atoms with Crippen LogP contribution in [0.15, 0.2) is 47.4 Å². The van der Waals surface area contributed by atoms with E-state index >= 15 is 0 Å². The summed E-state index contributed by atoms with van der Waals surface area (Å²) in [6, 6.07) is 11.1. The Morgan fingerprint density at radius 1 is 1.14 bits per heavy atom. The molecule has 1 N–H and O–H groups in total. The zero-order valence-corrected chi connectivity index (χ0v) is 14.0. The fourth-order valence-corrected chi connectivity index (χ4v) is 4.13. The molecule has 21 heavy (non-hydrogen) atoms. The molecule has 1 heterocycles. The number of nitrogens with zero attached hydrogens (tertiary/aromatic N) is 2.